The van der Waals surface area contributed by atoms with E-state index in [4.69, 9.17) is 14.6 Å². The van der Waals surface area contributed by atoms with Crippen molar-refractivity contribution in [2.75, 3.05) is 6.61 Å². The fourth-order valence-electron chi connectivity index (χ4n) is 4.66. The third-order valence-corrected chi connectivity index (χ3v) is 6.21. The van der Waals surface area contributed by atoms with E-state index in [1.165, 1.54) is 24.3 Å². The van der Waals surface area contributed by atoms with Gasteiger partial charge in [0.15, 0.2) is 18.2 Å². The molecule has 4 nitrogen and oxygen atoms in total. The monoisotopic (exact) mass is 464 g/mol. The predicted octanol–water partition coefficient (Wildman–Crippen LogP) is 6.61. The van der Waals surface area contributed by atoms with Crippen LogP contribution < -0.4 is 4.74 Å². The van der Waals surface area contributed by atoms with Gasteiger partial charge in [-0.05, 0) is 42.7 Å². The number of halogens is 2. The van der Waals surface area contributed by atoms with Gasteiger partial charge in [-0.15, -0.1) is 0 Å². The Morgan fingerprint density at radius 2 is 1.74 bits per heavy atom. The number of hydrogen-bond acceptors (Lipinski definition) is 3. The van der Waals surface area contributed by atoms with Gasteiger partial charge in [-0.3, -0.25) is 0 Å². The van der Waals surface area contributed by atoms with Crippen molar-refractivity contribution in [2.45, 2.75) is 31.5 Å². The van der Waals surface area contributed by atoms with Crippen molar-refractivity contribution in [2.24, 2.45) is 5.92 Å². The molecular weight excluding hydrogens is 438 g/mol. The molecule has 4 atom stereocenters. The molecule has 3 aromatic carbocycles. The molecule has 0 bridgehead atoms. The molecule has 0 unspecified atom stereocenters. The SMILES string of the molecule is C=C(C)[C@H]1C[C@H](c2ccccc2)[C@H](c2cccc(F)c2)O[C@@H]1c1cccc(F)c1OCC(=O)O. The van der Waals surface area contributed by atoms with E-state index >= 15 is 0 Å². The molecule has 0 radical (unpaired) electrons. The molecule has 0 saturated carbocycles. The Kier molecular flexibility index (Phi) is 7.08. The Hall–Kier alpha value is -3.51. The fourth-order valence-corrected chi connectivity index (χ4v) is 4.66. The number of ether oxygens (including phenoxy) is 2. The molecule has 176 valence electrons. The van der Waals surface area contributed by atoms with Gasteiger partial charge in [0.2, 0.25) is 0 Å². The molecule has 34 heavy (non-hydrogen) atoms. The summed E-state index contributed by atoms with van der Waals surface area (Å²) in [5.41, 5.74) is 2.96. The molecule has 1 N–H and O–H groups in total. The van der Waals surface area contributed by atoms with Crippen LogP contribution in [0.15, 0.2) is 84.9 Å². The maximum absolute atomic E-state index is 14.8. The number of benzene rings is 3. The van der Waals surface area contributed by atoms with E-state index in [1.807, 2.05) is 43.3 Å². The Morgan fingerprint density at radius 1 is 1.03 bits per heavy atom. The zero-order valence-corrected chi connectivity index (χ0v) is 18.8. The lowest BCUT2D eigenvalue weighted by atomic mass is 9.74. The average Bonchev–Trinajstić information content (AvgIpc) is 2.82. The number of carboxylic acid groups (broad SMARTS) is 1. The largest absolute Gasteiger partial charge is 0.479 e. The number of aliphatic carboxylic acids is 1. The summed E-state index contributed by atoms with van der Waals surface area (Å²) in [6.45, 7) is 5.36. The summed E-state index contributed by atoms with van der Waals surface area (Å²) in [6, 6.07) is 20.6. The maximum Gasteiger partial charge on any atom is 0.341 e. The highest BCUT2D eigenvalue weighted by Gasteiger charge is 2.42. The van der Waals surface area contributed by atoms with Crippen LogP contribution in [-0.2, 0) is 9.53 Å². The highest BCUT2D eigenvalue weighted by Crippen LogP contribution is 2.53. The average molecular weight is 465 g/mol. The lowest BCUT2D eigenvalue weighted by molar-refractivity contribution is -0.139. The van der Waals surface area contributed by atoms with Crippen LogP contribution in [0.1, 0.15) is 48.2 Å². The zero-order chi connectivity index (χ0) is 24.2. The van der Waals surface area contributed by atoms with Crippen LogP contribution >= 0.6 is 0 Å². The van der Waals surface area contributed by atoms with Crippen molar-refractivity contribution < 1.29 is 28.2 Å². The fraction of sp³-hybridized carbons (Fsp3) is 0.250. The third-order valence-electron chi connectivity index (χ3n) is 6.21. The lowest BCUT2D eigenvalue weighted by Gasteiger charge is -2.43. The van der Waals surface area contributed by atoms with Crippen LogP contribution in [0, 0.1) is 17.6 Å². The summed E-state index contributed by atoms with van der Waals surface area (Å²) in [6.07, 6.45) is -0.556. The highest BCUT2D eigenvalue weighted by atomic mass is 19.1. The minimum atomic E-state index is -1.21. The maximum atomic E-state index is 14.8. The van der Waals surface area contributed by atoms with Gasteiger partial charge in [-0.1, -0.05) is 66.7 Å². The minimum absolute atomic E-state index is 0.0992. The second-order valence-electron chi connectivity index (χ2n) is 8.58. The first kappa shape index (κ1) is 23.6. The summed E-state index contributed by atoms with van der Waals surface area (Å²) in [5.74, 6) is -2.71. The van der Waals surface area contributed by atoms with Crippen molar-refractivity contribution in [3.63, 3.8) is 0 Å². The summed E-state index contributed by atoms with van der Waals surface area (Å²) in [5, 5.41) is 9.06. The van der Waals surface area contributed by atoms with E-state index in [2.05, 4.69) is 6.58 Å². The van der Waals surface area contributed by atoms with Gasteiger partial charge in [-0.25, -0.2) is 13.6 Å². The van der Waals surface area contributed by atoms with Gasteiger partial charge >= 0.3 is 5.97 Å². The van der Waals surface area contributed by atoms with Crippen LogP contribution in [0.2, 0.25) is 0 Å². The molecule has 6 heteroatoms. The van der Waals surface area contributed by atoms with Crippen LogP contribution in [-0.4, -0.2) is 17.7 Å². The van der Waals surface area contributed by atoms with Crippen molar-refractivity contribution in [1.29, 1.82) is 0 Å². The molecule has 1 saturated heterocycles. The van der Waals surface area contributed by atoms with Gasteiger partial charge in [0.25, 0.3) is 0 Å². The number of hydrogen-bond donors (Lipinski definition) is 1. The third kappa shape index (κ3) is 5.02. The van der Waals surface area contributed by atoms with Gasteiger partial charge in [0, 0.05) is 17.4 Å². The van der Waals surface area contributed by atoms with E-state index in [-0.39, 0.29) is 23.4 Å². The molecule has 4 rings (SSSR count). The predicted molar refractivity (Wildman–Crippen MR) is 125 cm³/mol. The molecule has 1 aliphatic heterocycles. The second kappa shape index (κ2) is 10.2. The standard InChI is InChI=1S/C28H26F2O4/c1-17(2)22-15-23(18-8-4-3-5-9-18)26(19-10-6-11-20(29)14-19)34-27(22)21-12-7-13-24(30)28(21)33-16-25(31)32/h3-14,22-23,26-27H,1,15-16H2,2H3,(H,31,32)/t22-,23-,26+,27-/m1/s1. The van der Waals surface area contributed by atoms with Crippen LogP contribution in [0.3, 0.4) is 0 Å². The normalized spacial score (nSPS) is 22.2. The van der Waals surface area contributed by atoms with Gasteiger partial charge in [0.1, 0.15) is 5.82 Å². The first-order valence-corrected chi connectivity index (χ1v) is 11.1. The first-order chi connectivity index (χ1) is 16.3. The summed E-state index contributed by atoms with van der Waals surface area (Å²) in [4.78, 5) is 11.1. The highest BCUT2D eigenvalue weighted by molar-refractivity contribution is 5.68. The van der Waals surface area contributed by atoms with E-state index in [1.54, 1.807) is 12.1 Å². The minimum Gasteiger partial charge on any atom is -0.479 e. The van der Waals surface area contributed by atoms with Crippen molar-refractivity contribution in [1.82, 2.24) is 0 Å². The molecule has 3 aromatic rings. The van der Waals surface area contributed by atoms with E-state index in [0.29, 0.717) is 17.5 Å². The Balaban J connectivity index is 1.81. The van der Waals surface area contributed by atoms with Crippen LogP contribution in [0.25, 0.3) is 0 Å². The summed E-state index contributed by atoms with van der Waals surface area (Å²) >= 11 is 0. The number of carboxylic acids is 1. The number of carbonyl (C=O) groups is 1. The van der Waals surface area contributed by atoms with Crippen LogP contribution in [0.5, 0.6) is 5.75 Å². The molecule has 1 aliphatic rings. The molecule has 1 fully saturated rings. The molecule has 0 spiro atoms. The Morgan fingerprint density at radius 3 is 2.41 bits per heavy atom. The van der Waals surface area contributed by atoms with E-state index in [0.717, 1.165) is 11.1 Å². The Labute approximate surface area is 197 Å². The molecule has 1 heterocycles. The lowest BCUT2D eigenvalue weighted by Crippen LogP contribution is -2.32. The zero-order valence-electron chi connectivity index (χ0n) is 18.8. The molecular formula is C28H26F2O4. The van der Waals surface area contributed by atoms with Crippen molar-refractivity contribution in [3.05, 3.63) is 113 Å². The topological polar surface area (TPSA) is 55.8 Å². The number of para-hydroxylation sites is 1. The Bertz CT molecular complexity index is 1180. The van der Waals surface area contributed by atoms with E-state index < -0.39 is 30.6 Å². The van der Waals surface area contributed by atoms with E-state index in [9.17, 15) is 13.6 Å². The van der Waals surface area contributed by atoms with Gasteiger partial charge in [-0.2, -0.15) is 0 Å². The summed E-state index contributed by atoms with van der Waals surface area (Å²) in [7, 11) is 0. The van der Waals surface area contributed by atoms with Gasteiger partial charge in [0.05, 0.1) is 12.2 Å². The van der Waals surface area contributed by atoms with Crippen LogP contribution in [0.4, 0.5) is 8.78 Å². The second-order valence-corrected chi connectivity index (χ2v) is 8.58. The molecule has 0 amide bonds. The smallest absolute Gasteiger partial charge is 0.341 e. The van der Waals surface area contributed by atoms with Crippen molar-refractivity contribution >= 4 is 5.97 Å². The van der Waals surface area contributed by atoms with Crippen molar-refractivity contribution in [3.8, 4) is 5.75 Å². The summed E-state index contributed by atoms with van der Waals surface area (Å²) < 4.78 is 40.9. The van der Waals surface area contributed by atoms with Gasteiger partial charge < -0.3 is 14.6 Å². The number of rotatable bonds is 7. The molecule has 0 aromatic heterocycles. The quantitative estimate of drug-likeness (QED) is 0.400. The molecule has 0 aliphatic carbocycles. The first-order valence-electron chi connectivity index (χ1n) is 11.1.